The molecule has 20 heavy (non-hydrogen) atoms. The van der Waals surface area contributed by atoms with E-state index >= 15 is 0 Å². The molecule has 3 N–H and O–H groups in total. The van der Waals surface area contributed by atoms with E-state index in [1.54, 1.807) is 6.07 Å². The molecule has 1 aromatic rings. The zero-order valence-electron chi connectivity index (χ0n) is 10.5. The van der Waals surface area contributed by atoms with Gasteiger partial charge < -0.3 is 15.8 Å². The summed E-state index contributed by atoms with van der Waals surface area (Å²) in [5.74, 6) is -1.01. The van der Waals surface area contributed by atoms with E-state index in [9.17, 15) is 18.0 Å². The number of hydrogen-bond donors (Lipinski definition) is 2. The fraction of sp³-hybridized carbons (Fsp3) is 0.333. The van der Waals surface area contributed by atoms with Crippen LogP contribution in [-0.2, 0) is 4.79 Å². The molecule has 0 heterocycles. The first-order valence-corrected chi connectivity index (χ1v) is 5.45. The van der Waals surface area contributed by atoms with Gasteiger partial charge in [0, 0.05) is 5.69 Å². The molecule has 0 saturated carbocycles. The fourth-order valence-electron chi connectivity index (χ4n) is 1.14. The highest BCUT2D eigenvalue weighted by molar-refractivity contribution is 5.98. The van der Waals surface area contributed by atoms with Gasteiger partial charge in [0.15, 0.2) is 12.1 Å². The highest BCUT2D eigenvalue weighted by Crippen LogP contribution is 2.29. The van der Waals surface area contributed by atoms with Crippen molar-refractivity contribution in [3.8, 4) is 11.8 Å². The van der Waals surface area contributed by atoms with Crippen molar-refractivity contribution in [2.45, 2.75) is 18.6 Å². The first-order valence-electron chi connectivity index (χ1n) is 5.45. The molecule has 0 bridgehead atoms. The Hall–Kier alpha value is -2.27. The molecule has 0 radical (unpaired) electrons. The Labute approximate surface area is 113 Å². The van der Waals surface area contributed by atoms with Gasteiger partial charge >= 0.3 is 6.18 Å². The number of carbonyl (C=O) groups is 1. The molecule has 1 rings (SSSR count). The van der Waals surface area contributed by atoms with Gasteiger partial charge in [-0.1, -0.05) is 0 Å². The summed E-state index contributed by atoms with van der Waals surface area (Å²) < 4.78 is 42.6. The van der Waals surface area contributed by atoms with Crippen LogP contribution in [0.15, 0.2) is 24.3 Å². The third kappa shape index (κ3) is 3.61. The van der Waals surface area contributed by atoms with Crippen LogP contribution in [0.5, 0.6) is 5.75 Å². The van der Waals surface area contributed by atoms with Crippen molar-refractivity contribution in [3.63, 3.8) is 0 Å². The van der Waals surface area contributed by atoms with Crippen molar-refractivity contribution in [2.75, 3.05) is 11.9 Å². The monoisotopic (exact) mass is 287 g/mol. The van der Waals surface area contributed by atoms with Crippen LogP contribution in [0.2, 0.25) is 0 Å². The maximum atomic E-state index is 12.6. The number of rotatable bonds is 4. The van der Waals surface area contributed by atoms with Gasteiger partial charge in [0.25, 0.3) is 5.91 Å². The highest BCUT2D eigenvalue weighted by atomic mass is 19.4. The van der Waals surface area contributed by atoms with Gasteiger partial charge in [-0.15, -0.1) is 0 Å². The summed E-state index contributed by atoms with van der Waals surface area (Å²) in [4.78, 5) is 11.5. The van der Waals surface area contributed by atoms with Gasteiger partial charge in [0.05, 0.1) is 0 Å². The molecule has 1 unspecified atom stereocenters. The van der Waals surface area contributed by atoms with Gasteiger partial charge in [-0.2, -0.15) is 18.4 Å². The first kappa shape index (κ1) is 15.8. The van der Waals surface area contributed by atoms with Crippen LogP contribution in [0.1, 0.15) is 6.92 Å². The Morgan fingerprint density at radius 2 is 1.95 bits per heavy atom. The molecule has 0 fully saturated rings. The quantitative estimate of drug-likeness (QED) is 0.884. The fourth-order valence-corrected chi connectivity index (χ4v) is 1.14. The van der Waals surface area contributed by atoms with E-state index in [1.807, 2.05) is 0 Å². The number of carbonyl (C=O) groups excluding carboxylic acids is 1. The number of ether oxygens (including phenoxy) is 1. The number of nitrogens with two attached hydrogens (primary N) is 1. The minimum atomic E-state index is -4.85. The number of benzene rings is 1. The molecule has 1 aromatic carbocycles. The Morgan fingerprint density at radius 1 is 1.40 bits per heavy atom. The molecule has 1 atom stereocenters. The number of amides is 1. The number of halogens is 3. The van der Waals surface area contributed by atoms with Crippen LogP contribution in [0.25, 0.3) is 0 Å². The van der Waals surface area contributed by atoms with Crippen LogP contribution >= 0.6 is 0 Å². The van der Waals surface area contributed by atoms with E-state index in [0.717, 1.165) is 0 Å². The second kappa shape index (κ2) is 5.79. The largest absolute Gasteiger partial charge is 0.479 e. The highest BCUT2D eigenvalue weighted by Gasteiger charge is 2.53. The molecule has 0 aliphatic rings. The number of nitrogens with one attached hydrogen (secondary N) is 1. The van der Waals surface area contributed by atoms with Crippen molar-refractivity contribution >= 4 is 11.6 Å². The maximum Gasteiger partial charge on any atom is 0.415 e. The number of hydrogen-bond acceptors (Lipinski definition) is 4. The summed E-state index contributed by atoms with van der Waals surface area (Å²) in [5.41, 5.74) is 2.14. The van der Waals surface area contributed by atoms with E-state index in [1.165, 1.54) is 24.3 Å². The lowest BCUT2D eigenvalue weighted by Crippen LogP contribution is -2.59. The summed E-state index contributed by atoms with van der Waals surface area (Å²) in [7, 11) is 0. The smallest absolute Gasteiger partial charge is 0.415 e. The number of alkyl halides is 3. The van der Waals surface area contributed by atoms with Crippen LogP contribution in [0.4, 0.5) is 18.9 Å². The molecule has 108 valence electrons. The summed E-state index contributed by atoms with van der Waals surface area (Å²) in [6.07, 6.45) is -4.85. The minimum Gasteiger partial charge on any atom is -0.479 e. The third-order valence-electron chi connectivity index (χ3n) is 2.48. The Bertz CT molecular complexity index is 518. The molecule has 0 saturated heterocycles. The topological polar surface area (TPSA) is 88.1 Å². The second-order valence-corrected chi connectivity index (χ2v) is 4.13. The molecule has 0 aliphatic carbocycles. The standard InChI is InChI=1S/C12H12F3N3O2/c1-11(17,12(13,14)15)10(19)18-8-2-4-9(5-3-8)20-7-6-16/h2-5H,7,17H2,1H3,(H,18,19). The molecule has 0 spiro atoms. The third-order valence-corrected chi connectivity index (χ3v) is 2.48. The summed E-state index contributed by atoms with van der Waals surface area (Å²) >= 11 is 0. The van der Waals surface area contributed by atoms with Crippen molar-refractivity contribution in [1.82, 2.24) is 0 Å². The molecule has 5 nitrogen and oxygen atoms in total. The van der Waals surface area contributed by atoms with E-state index < -0.39 is 17.6 Å². The summed E-state index contributed by atoms with van der Waals surface area (Å²) in [5, 5.41) is 10.4. The predicted molar refractivity (Wildman–Crippen MR) is 64.8 cm³/mol. The normalized spacial score (nSPS) is 14.0. The maximum absolute atomic E-state index is 12.6. The van der Waals surface area contributed by atoms with Gasteiger partial charge in [0.1, 0.15) is 11.8 Å². The van der Waals surface area contributed by atoms with Gasteiger partial charge in [-0.3, -0.25) is 4.79 Å². The number of nitrogens with zero attached hydrogens (tertiary/aromatic N) is 1. The number of anilines is 1. The van der Waals surface area contributed by atoms with Gasteiger partial charge in [-0.05, 0) is 31.2 Å². The molecule has 0 aromatic heterocycles. The van der Waals surface area contributed by atoms with Crippen LogP contribution < -0.4 is 15.8 Å². The first-order chi connectivity index (χ1) is 9.18. The molecule has 8 heteroatoms. The Balaban J connectivity index is 2.75. The van der Waals surface area contributed by atoms with E-state index in [2.05, 4.69) is 5.32 Å². The Kier molecular flexibility index (Phi) is 4.57. The molecular formula is C12H12F3N3O2. The summed E-state index contributed by atoms with van der Waals surface area (Å²) in [6.45, 7) is 0.438. The van der Waals surface area contributed by atoms with E-state index in [-0.39, 0.29) is 12.3 Å². The van der Waals surface area contributed by atoms with Gasteiger partial charge in [-0.25, -0.2) is 0 Å². The average Bonchev–Trinajstić information content (AvgIpc) is 2.36. The lowest BCUT2D eigenvalue weighted by molar-refractivity contribution is -0.184. The van der Waals surface area contributed by atoms with Crippen LogP contribution in [-0.4, -0.2) is 24.2 Å². The average molecular weight is 287 g/mol. The van der Waals surface area contributed by atoms with E-state index in [4.69, 9.17) is 15.7 Å². The molecule has 0 aliphatic heterocycles. The zero-order chi connectivity index (χ0) is 15.4. The van der Waals surface area contributed by atoms with Crippen molar-refractivity contribution in [3.05, 3.63) is 24.3 Å². The predicted octanol–water partition coefficient (Wildman–Crippen LogP) is 1.81. The number of nitriles is 1. The van der Waals surface area contributed by atoms with Crippen molar-refractivity contribution in [2.24, 2.45) is 5.73 Å². The SMILES string of the molecule is CC(N)(C(=O)Nc1ccc(OCC#N)cc1)C(F)(F)F. The molecular weight excluding hydrogens is 275 g/mol. The van der Waals surface area contributed by atoms with Crippen LogP contribution in [0, 0.1) is 11.3 Å². The lowest BCUT2D eigenvalue weighted by Gasteiger charge is -2.26. The lowest BCUT2D eigenvalue weighted by atomic mass is 10.0. The van der Waals surface area contributed by atoms with Crippen molar-refractivity contribution < 1.29 is 22.7 Å². The minimum absolute atomic E-state index is 0.139. The van der Waals surface area contributed by atoms with Crippen LogP contribution in [0.3, 0.4) is 0 Å². The second-order valence-electron chi connectivity index (χ2n) is 4.13. The Morgan fingerprint density at radius 3 is 2.40 bits per heavy atom. The van der Waals surface area contributed by atoms with Gasteiger partial charge in [0.2, 0.25) is 0 Å². The van der Waals surface area contributed by atoms with E-state index in [0.29, 0.717) is 12.7 Å². The summed E-state index contributed by atoms with van der Waals surface area (Å²) in [6, 6.07) is 7.28. The molecule has 1 amide bonds. The van der Waals surface area contributed by atoms with Crippen molar-refractivity contribution in [1.29, 1.82) is 5.26 Å². The zero-order valence-corrected chi connectivity index (χ0v) is 10.5.